The van der Waals surface area contributed by atoms with Crippen molar-refractivity contribution in [3.05, 3.63) is 0 Å². The molecule has 1 fully saturated rings. The molecule has 0 unspecified atom stereocenters. The Morgan fingerprint density at radius 1 is 1.55 bits per heavy atom. The van der Waals surface area contributed by atoms with Gasteiger partial charge < -0.3 is 15.5 Å². The molecule has 3 nitrogen and oxygen atoms in total. The quantitative estimate of drug-likeness (QED) is 0.537. The summed E-state index contributed by atoms with van der Waals surface area (Å²) >= 11 is 0. The highest BCUT2D eigenvalue weighted by Crippen LogP contribution is 2.16. The van der Waals surface area contributed by atoms with Crippen LogP contribution in [-0.4, -0.2) is 35.0 Å². The van der Waals surface area contributed by atoms with E-state index >= 15 is 0 Å². The van der Waals surface area contributed by atoms with Gasteiger partial charge in [-0.25, -0.2) is 0 Å². The molecule has 1 heterocycles. The van der Waals surface area contributed by atoms with Gasteiger partial charge in [-0.1, -0.05) is 13.3 Å². The SMILES string of the molecule is CCC[C@@H]1C[C@@H](O)[C@@H](CO)N1. The van der Waals surface area contributed by atoms with E-state index in [2.05, 4.69) is 12.2 Å². The van der Waals surface area contributed by atoms with Crippen molar-refractivity contribution in [1.82, 2.24) is 5.32 Å². The first-order valence-corrected chi connectivity index (χ1v) is 4.33. The molecule has 3 N–H and O–H groups in total. The van der Waals surface area contributed by atoms with Crippen LogP contribution in [-0.2, 0) is 0 Å². The number of aliphatic hydroxyl groups excluding tert-OH is 2. The van der Waals surface area contributed by atoms with Crippen molar-refractivity contribution < 1.29 is 10.2 Å². The maximum absolute atomic E-state index is 9.36. The summed E-state index contributed by atoms with van der Waals surface area (Å²) in [7, 11) is 0. The van der Waals surface area contributed by atoms with Crippen molar-refractivity contribution in [2.75, 3.05) is 6.61 Å². The largest absolute Gasteiger partial charge is 0.395 e. The molecule has 3 atom stereocenters. The highest BCUT2D eigenvalue weighted by molar-refractivity contribution is 4.89. The van der Waals surface area contributed by atoms with Crippen LogP contribution in [0, 0.1) is 0 Å². The number of aliphatic hydroxyl groups is 2. The molecule has 0 amide bonds. The van der Waals surface area contributed by atoms with E-state index < -0.39 is 0 Å². The molecule has 11 heavy (non-hydrogen) atoms. The Balaban J connectivity index is 2.30. The van der Waals surface area contributed by atoms with Crippen LogP contribution in [0.3, 0.4) is 0 Å². The summed E-state index contributed by atoms with van der Waals surface area (Å²) in [4.78, 5) is 0. The van der Waals surface area contributed by atoms with Crippen LogP contribution in [0.4, 0.5) is 0 Å². The monoisotopic (exact) mass is 159 g/mol. The summed E-state index contributed by atoms with van der Waals surface area (Å²) in [5, 5.41) is 21.4. The fourth-order valence-electron chi connectivity index (χ4n) is 1.66. The molecule has 66 valence electrons. The van der Waals surface area contributed by atoms with Gasteiger partial charge >= 0.3 is 0 Å². The van der Waals surface area contributed by atoms with E-state index in [0.717, 1.165) is 19.3 Å². The van der Waals surface area contributed by atoms with Gasteiger partial charge in [-0.3, -0.25) is 0 Å². The summed E-state index contributed by atoms with van der Waals surface area (Å²) in [6, 6.07) is 0.318. The second-order valence-corrected chi connectivity index (χ2v) is 3.24. The van der Waals surface area contributed by atoms with Gasteiger partial charge in [-0.05, 0) is 12.8 Å². The number of rotatable bonds is 3. The number of hydrogen-bond acceptors (Lipinski definition) is 3. The van der Waals surface area contributed by atoms with Crippen molar-refractivity contribution in [3.63, 3.8) is 0 Å². The van der Waals surface area contributed by atoms with E-state index in [9.17, 15) is 5.11 Å². The molecule has 0 spiro atoms. The van der Waals surface area contributed by atoms with Crippen LogP contribution in [0.25, 0.3) is 0 Å². The Labute approximate surface area is 67.4 Å². The Hall–Kier alpha value is -0.120. The van der Waals surface area contributed by atoms with Crippen LogP contribution >= 0.6 is 0 Å². The maximum Gasteiger partial charge on any atom is 0.0730 e. The lowest BCUT2D eigenvalue weighted by molar-refractivity contribution is 0.121. The standard InChI is InChI=1S/C8H17NO2/c1-2-3-6-4-8(11)7(5-10)9-6/h6-11H,2-5H2,1H3/t6-,7-,8-/m1/s1. The van der Waals surface area contributed by atoms with Crippen molar-refractivity contribution in [3.8, 4) is 0 Å². The molecule has 0 aromatic carbocycles. The topological polar surface area (TPSA) is 52.5 Å². The van der Waals surface area contributed by atoms with Crippen LogP contribution < -0.4 is 5.32 Å². The summed E-state index contributed by atoms with van der Waals surface area (Å²) in [6.45, 7) is 2.17. The molecule has 1 rings (SSSR count). The maximum atomic E-state index is 9.36. The summed E-state index contributed by atoms with van der Waals surface area (Å²) in [6.07, 6.45) is 2.66. The van der Waals surface area contributed by atoms with Crippen molar-refractivity contribution in [2.24, 2.45) is 0 Å². The van der Waals surface area contributed by atoms with Gasteiger partial charge in [0.25, 0.3) is 0 Å². The lowest BCUT2D eigenvalue weighted by atomic mass is 10.1. The second-order valence-electron chi connectivity index (χ2n) is 3.24. The zero-order chi connectivity index (χ0) is 8.27. The van der Waals surface area contributed by atoms with Crippen molar-refractivity contribution in [2.45, 2.75) is 44.4 Å². The average Bonchev–Trinajstić information content (AvgIpc) is 2.32. The third kappa shape index (κ3) is 2.15. The van der Waals surface area contributed by atoms with E-state index in [4.69, 9.17) is 5.11 Å². The first kappa shape index (κ1) is 8.97. The van der Waals surface area contributed by atoms with Gasteiger partial charge in [0.1, 0.15) is 0 Å². The van der Waals surface area contributed by atoms with E-state index in [1.165, 1.54) is 0 Å². The highest BCUT2D eigenvalue weighted by atomic mass is 16.3. The Kier molecular flexibility index (Phi) is 3.30. The van der Waals surface area contributed by atoms with Crippen LogP contribution in [0.5, 0.6) is 0 Å². The molecule has 0 aromatic heterocycles. The predicted molar refractivity (Wildman–Crippen MR) is 43.3 cm³/mol. The molecular formula is C8H17NO2. The summed E-state index contributed by atoms with van der Waals surface area (Å²) in [5.74, 6) is 0. The summed E-state index contributed by atoms with van der Waals surface area (Å²) < 4.78 is 0. The van der Waals surface area contributed by atoms with Crippen LogP contribution in [0.15, 0.2) is 0 Å². The Morgan fingerprint density at radius 3 is 2.73 bits per heavy atom. The Bertz CT molecular complexity index is 119. The van der Waals surface area contributed by atoms with Gasteiger partial charge in [0.2, 0.25) is 0 Å². The van der Waals surface area contributed by atoms with Gasteiger partial charge in [-0.15, -0.1) is 0 Å². The van der Waals surface area contributed by atoms with Crippen molar-refractivity contribution >= 4 is 0 Å². The Morgan fingerprint density at radius 2 is 2.27 bits per heavy atom. The molecule has 0 bridgehead atoms. The minimum absolute atomic E-state index is 0.0430. The van der Waals surface area contributed by atoms with E-state index in [1.54, 1.807) is 0 Å². The minimum atomic E-state index is -0.350. The van der Waals surface area contributed by atoms with Gasteiger partial charge in [-0.2, -0.15) is 0 Å². The minimum Gasteiger partial charge on any atom is -0.395 e. The molecule has 0 saturated carbocycles. The second kappa shape index (κ2) is 4.04. The van der Waals surface area contributed by atoms with Gasteiger partial charge in [0.15, 0.2) is 0 Å². The van der Waals surface area contributed by atoms with E-state index in [0.29, 0.717) is 6.04 Å². The first-order valence-electron chi connectivity index (χ1n) is 4.33. The molecule has 1 aliphatic heterocycles. The third-order valence-electron chi connectivity index (χ3n) is 2.27. The molecule has 3 heteroatoms. The third-order valence-corrected chi connectivity index (χ3v) is 2.27. The number of hydrogen-bond donors (Lipinski definition) is 3. The van der Waals surface area contributed by atoms with Crippen molar-refractivity contribution in [1.29, 1.82) is 0 Å². The molecule has 0 radical (unpaired) electrons. The smallest absolute Gasteiger partial charge is 0.0730 e. The lowest BCUT2D eigenvalue weighted by Crippen LogP contribution is -2.36. The van der Waals surface area contributed by atoms with Crippen LogP contribution in [0.2, 0.25) is 0 Å². The molecule has 1 aliphatic rings. The molecule has 0 aromatic rings. The zero-order valence-electron chi connectivity index (χ0n) is 6.95. The fourth-order valence-corrected chi connectivity index (χ4v) is 1.66. The lowest BCUT2D eigenvalue weighted by Gasteiger charge is -2.11. The van der Waals surface area contributed by atoms with Crippen LogP contribution in [0.1, 0.15) is 26.2 Å². The number of nitrogens with one attached hydrogen (secondary N) is 1. The normalized spacial score (nSPS) is 37.9. The average molecular weight is 159 g/mol. The van der Waals surface area contributed by atoms with Gasteiger partial charge in [0.05, 0.1) is 18.8 Å². The molecule has 1 saturated heterocycles. The predicted octanol–water partition coefficient (Wildman–Crippen LogP) is -0.130. The van der Waals surface area contributed by atoms with E-state index in [-0.39, 0.29) is 18.8 Å². The van der Waals surface area contributed by atoms with E-state index in [1.807, 2.05) is 0 Å². The highest BCUT2D eigenvalue weighted by Gasteiger charge is 2.30. The van der Waals surface area contributed by atoms with Gasteiger partial charge in [0, 0.05) is 6.04 Å². The first-order chi connectivity index (χ1) is 5.27. The zero-order valence-corrected chi connectivity index (χ0v) is 6.95. The molecular weight excluding hydrogens is 142 g/mol. The summed E-state index contributed by atoms with van der Waals surface area (Å²) in [5.41, 5.74) is 0. The molecule has 0 aliphatic carbocycles. The fraction of sp³-hybridized carbons (Fsp3) is 1.00.